The molecule has 9 nitrogen and oxygen atoms in total. The minimum atomic E-state index is -0.932. The molecule has 29 heavy (non-hydrogen) atoms. The van der Waals surface area contributed by atoms with Crippen LogP contribution in [0.1, 0.15) is 36.9 Å². The average Bonchev–Trinajstić information content (AvgIpc) is 3.02. The predicted molar refractivity (Wildman–Crippen MR) is 108 cm³/mol. The number of rotatable bonds is 4. The van der Waals surface area contributed by atoms with Crippen LogP contribution in [0.25, 0.3) is 11.3 Å². The standard InChI is InChI=1S/C19H23N3O6S/c1-11-14(15(21-28-11)12-7-9-13(26-5)10-8-12)16(23)20-17(24)22(29-6)18(25)27-19(2,3)4/h7-10H,1-6H3,(H,20,23,24). The Kier molecular flexibility index (Phi) is 6.91. The number of methoxy groups -OCH3 is 1. The molecule has 2 aromatic rings. The van der Waals surface area contributed by atoms with Crippen molar-refractivity contribution in [2.45, 2.75) is 33.3 Å². The Balaban J connectivity index is 2.23. The van der Waals surface area contributed by atoms with Crippen LogP contribution in [0.5, 0.6) is 5.75 Å². The fraction of sp³-hybridized carbons (Fsp3) is 0.368. The van der Waals surface area contributed by atoms with Crippen LogP contribution in [0.15, 0.2) is 28.8 Å². The van der Waals surface area contributed by atoms with Gasteiger partial charge in [-0.3, -0.25) is 10.1 Å². The molecule has 156 valence electrons. The third-order valence-electron chi connectivity index (χ3n) is 3.60. The molecular formula is C19H23N3O6S. The van der Waals surface area contributed by atoms with Crippen molar-refractivity contribution in [3.8, 4) is 17.0 Å². The lowest BCUT2D eigenvalue weighted by Crippen LogP contribution is -2.44. The lowest BCUT2D eigenvalue weighted by Gasteiger charge is -2.24. The first-order valence-electron chi connectivity index (χ1n) is 8.60. The maximum atomic E-state index is 12.7. The number of aryl methyl sites for hydroxylation is 1. The summed E-state index contributed by atoms with van der Waals surface area (Å²) in [4.78, 5) is 37.4. The second-order valence-corrected chi connectivity index (χ2v) is 7.64. The molecule has 1 heterocycles. The van der Waals surface area contributed by atoms with Crippen molar-refractivity contribution in [3.63, 3.8) is 0 Å². The fourth-order valence-corrected chi connectivity index (χ4v) is 2.74. The summed E-state index contributed by atoms with van der Waals surface area (Å²) in [5.41, 5.74) is 0.174. The number of benzene rings is 1. The van der Waals surface area contributed by atoms with Gasteiger partial charge in [0, 0.05) is 11.8 Å². The summed E-state index contributed by atoms with van der Waals surface area (Å²) >= 11 is 0.816. The normalized spacial score (nSPS) is 11.0. The Hall–Kier alpha value is -3.01. The van der Waals surface area contributed by atoms with Crippen molar-refractivity contribution in [3.05, 3.63) is 35.6 Å². The van der Waals surface area contributed by atoms with Crippen LogP contribution in [0.2, 0.25) is 0 Å². The highest BCUT2D eigenvalue weighted by molar-refractivity contribution is 7.97. The van der Waals surface area contributed by atoms with Crippen LogP contribution in [0, 0.1) is 6.92 Å². The third-order valence-corrected chi connectivity index (χ3v) is 4.28. The van der Waals surface area contributed by atoms with Gasteiger partial charge in [-0.05, 0) is 63.9 Å². The van der Waals surface area contributed by atoms with Crippen LogP contribution in [0.3, 0.4) is 0 Å². The smallest absolute Gasteiger partial charge is 0.428 e. The number of ether oxygens (including phenoxy) is 2. The third kappa shape index (κ3) is 5.50. The van der Waals surface area contributed by atoms with E-state index >= 15 is 0 Å². The number of amides is 4. The van der Waals surface area contributed by atoms with Crippen molar-refractivity contribution in [1.29, 1.82) is 0 Å². The first-order chi connectivity index (χ1) is 13.6. The van der Waals surface area contributed by atoms with Gasteiger partial charge in [0.1, 0.15) is 28.4 Å². The molecule has 0 aliphatic heterocycles. The highest BCUT2D eigenvalue weighted by atomic mass is 32.2. The van der Waals surface area contributed by atoms with Crippen molar-refractivity contribution >= 4 is 30.0 Å². The number of aromatic nitrogens is 1. The molecule has 1 aromatic heterocycles. The predicted octanol–water partition coefficient (Wildman–Crippen LogP) is 4.02. The Morgan fingerprint density at radius 2 is 1.79 bits per heavy atom. The quantitative estimate of drug-likeness (QED) is 0.737. The Morgan fingerprint density at radius 1 is 1.17 bits per heavy atom. The van der Waals surface area contributed by atoms with E-state index in [1.54, 1.807) is 59.1 Å². The van der Waals surface area contributed by atoms with Gasteiger partial charge in [-0.1, -0.05) is 5.16 Å². The lowest BCUT2D eigenvalue weighted by atomic mass is 10.1. The number of hydrogen-bond acceptors (Lipinski definition) is 8. The fourth-order valence-electron chi connectivity index (χ4n) is 2.34. The van der Waals surface area contributed by atoms with Crippen molar-refractivity contribution in [1.82, 2.24) is 14.8 Å². The molecule has 0 spiro atoms. The van der Waals surface area contributed by atoms with Crippen molar-refractivity contribution < 1.29 is 28.4 Å². The summed E-state index contributed by atoms with van der Waals surface area (Å²) < 4.78 is 16.2. The van der Waals surface area contributed by atoms with Gasteiger partial charge < -0.3 is 14.0 Å². The molecule has 10 heteroatoms. The van der Waals surface area contributed by atoms with Gasteiger partial charge in [0.25, 0.3) is 5.91 Å². The van der Waals surface area contributed by atoms with Crippen LogP contribution in [0.4, 0.5) is 9.59 Å². The maximum Gasteiger partial charge on any atom is 0.428 e. The molecule has 4 amide bonds. The minimum absolute atomic E-state index is 0.0914. The maximum absolute atomic E-state index is 12.7. The number of nitrogens with zero attached hydrogens (tertiary/aromatic N) is 2. The zero-order chi connectivity index (χ0) is 21.8. The molecular weight excluding hydrogens is 398 g/mol. The van der Waals surface area contributed by atoms with Gasteiger partial charge in [0.05, 0.1) is 7.11 Å². The molecule has 0 fully saturated rings. The molecule has 0 atom stereocenters. The minimum Gasteiger partial charge on any atom is -0.497 e. The molecule has 0 radical (unpaired) electrons. The first kappa shape index (κ1) is 22.3. The molecule has 0 saturated carbocycles. The largest absolute Gasteiger partial charge is 0.497 e. The highest BCUT2D eigenvalue weighted by Crippen LogP contribution is 2.27. The van der Waals surface area contributed by atoms with E-state index in [1.165, 1.54) is 6.26 Å². The van der Waals surface area contributed by atoms with E-state index in [0.29, 0.717) is 11.3 Å². The number of nitrogens with one attached hydrogen (secondary N) is 1. The summed E-state index contributed by atoms with van der Waals surface area (Å²) in [6, 6.07) is 5.92. The van der Waals surface area contributed by atoms with E-state index in [2.05, 4.69) is 10.5 Å². The second kappa shape index (κ2) is 8.99. The SMILES string of the molecule is COc1ccc(-c2noc(C)c2C(=O)NC(=O)N(SC)C(=O)OC(C)(C)C)cc1. The summed E-state index contributed by atoms with van der Waals surface area (Å²) in [7, 11) is 1.54. The number of urea groups is 1. The van der Waals surface area contributed by atoms with Crippen molar-refractivity contribution in [2.24, 2.45) is 0 Å². The molecule has 0 aliphatic rings. The van der Waals surface area contributed by atoms with Gasteiger partial charge >= 0.3 is 12.1 Å². The molecule has 0 saturated heterocycles. The molecule has 2 rings (SSSR count). The topological polar surface area (TPSA) is 111 Å². The number of hydrogen-bond donors (Lipinski definition) is 1. The first-order valence-corrected chi connectivity index (χ1v) is 9.78. The number of carbonyl (C=O) groups is 3. The number of carbonyl (C=O) groups excluding carboxylic acids is 3. The van der Waals surface area contributed by atoms with Crippen LogP contribution < -0.4 is 10.1 Å². The van der Waals surface area contributed by atoms with Gasteiger partial charge in [-0.25, -0.2) is 9.59 Å². The highest BCUT2D eigenvalue weighted by Gasteiger charge is 2.30. The summed E-state index contributed by atoms with van der Waals surface area (Å²) in [5.74, 6) is 0.124. The zero-order valence-corrected chi connectivity index (χ0v) is 17.9. The monoisotopic (exact) mass is 421 g/mol. The van der Waals surface area contributed by atoms with Gasteiger partial charge in [0.15, 0.2) is 0 Å². The van der Waals surface area contributed by atoms with Gasteiger partial charge in [-0.15, -0.1) is 0 Å². The van der Waals surface area contributed by atoms with Crippen LogP contribution in [-0.4, -0.2) is 46.5 Å². The lowest BCUT2D eigenvalue weighted by molar-refractivity contribution is 0.0445. The second-order valence-electron chi connectivity index (χ2n) is 6.91. The summed E-state index contributed by atoms with van der Waals surface area (Å²) in [5, 5.41) is 6.10. The van der Waals surface area contributed by atoms with E-state index in [1.807, 2.05) is 0 Å². The number of imide groups is 2. The van der Waals surface area contributed by atoms with Gasteiger partial charge in [-0.2, -0.15) is 4.31 Å². The summed E-state index contributed by atoms with van der Waals surface area (Å²) in [6.07, 6.45) is 0.634. The Labute approximate surface area is 172 Å². The molecule has 1 N–H and O–H groups in total. The average molecular weight is 421 g/mol. The van der Waals surface area contributed by atoms with E-state index in [-0.39, 0.29) is 17.0 Å². The van der Waals surface area contributed by atoms with E-state index < -0.39 is 23.6 Å². The summed E-state index contributed by atoms with van der Waals surface area (Å²) in [6.45, 7) is 6.58. The van der Waals surface area contributed by atoms with Crippen LogP contribution >= 0.6 is 11.9 Å². The molecule has 1 aromatic carbocycles. The zero-order valence-electron chi connectivity index (χ0n) is 17.1. The van der Waals surface area contributed by atoms with E-state index in [0.717, 1.165) is 16.3 Å². The van der Waals surface area contributed by atoms with Gasteiger partial charge in [0.2, 0.25) is 0 Å². The van der Waals surface area contributed by atoms with E-state index in [4.69, 9.17) is 14.0 Å². The van der Waals surface area contributed by atoms with Crippen molar-refractivity contribution in [2.75, 3.05) is 13.4 Å². The molecule has 0 unspecified atom stereocenters. The molecule has 0 bridgehead atoms. The van der Waals surface area contributed by atoms with Crippen LogP contribution in [-0.2, 0) is 4.74 Å². The Morgan fingerprint density at radius 3 is 2.31 bits per heavy atom. The van der Waals surface area contributed by atoms with E-state index in [9.17, 15) is 14.4 Å². The molecule has 0 aliphatic carbocycles. The Bertz CT molecular complexity index is 902.